The smallest absolute Gasteiger partial charge is 0.253 e. The number of H-pyrrole nitrogens is 1. The van der Waals surface area contributed by atoms with Crippen molar-refractivity contribution in [2.45, 2.75) is 31.7 Å². The van der Waals surface area contributed by atoms with E-state index >= 15 is 0 Å². The highest BCUT2D eigenvalue weighted by molar-refractivity contribution is 7.89. The number of rotatable bonds is 8. The second-order valence-electron chi connectivity index (χ2n) is 6.97. The molecule has 0 saturated carbocycles. The Balaban J connectivity index is 1.81. The topological polar surface area (TPSA) is 95.2 Å². The van der Waals surface area contributed by atoms with Crippen LogP contribution in [-0.4, -0.2) is 41.7 Å². The molecule has 0 aliphatic rings. The molecule has 3 rings (SSSR count). The van der Waals surface area contributed by atoms with Gasteiger partial charge in [0.2, 0.25) is 10.0 Å². The zero-order chi connectivity index (χ0) is 22.6. The van der Waals surface area contributed by atoms with E-state index in [0.717, 1.165) is 11.3 Å². The fraction of sp³-hybridized carbons (Fsp3) is 0.273. The minimum atomic E-state index is -3.71. The molecule has 1 unspecified atom stereocenters. The highest BCUT2D eigenvalue weighted by Gasteiger charge is 2.24. The standard InChI is InChI=1S/C22H25ClN4O3S/c1-4-27(5-2)31(29,30)17-11-12-19(23)18(13-17)22(28)25-15(3)21-24-14-20(26-21)16-9-7-6-8-10-16/h6-15H,4-5H2,1-3H3,(H,24,26)(H,25,28). The number of carbonyl (C=O) groups is 1. The van der Waals surface area contributed by atoms with E-state index in [-0.39, 0.29) is 15.5 Å². The van der Waals surface area contributed by atoms with Gasteiger partial charge in [0, 0.05) is 13.1 Å². The highest BCUT2D eigenvalue weighted by Crippen LogP contribution is 2.24. The maximum Gasteiger partial charge on any atom is 0.253 e. The van der Waals surface area contributed by atoms with Crippen LogP contribution in [0.4, 0.5) is 0 Å². The third kappa shape index (κ3) is 4.98. The lowest BCUT2D eigenvalue weighted by atomic mass is 10.2. The number of aromatic amines is 1. The van der Waals surface area contributed by atoms with E-state index in [1.807, 2.05) is 30.3 Å². The first kappa shape index (κ1) is 23.0. The molecule has 3 aromatic rings. The number of nitrogens with one attached hydrogen (secondary N) is 2. The summed E-state index contributed by atoms with van der Waals surface area (Å²) in [5, 5.41) is 3.00. The molecule has 7 nitrogen and oxygen atoms in total. The summed E-state index contributed by atoms with van der Waals surface area (Å²) >= 11 is 6.21. The molecule has 1 aromatic heterocycles. The summed E-state index contributed by atoms with van der Waals surface area (Å²) in [6.07, 6.45) is 1.71. The van der Waals surface area contributed by atoms with Gasteiger partial charge in [-0.05, 0) is 30.7 Å². The summed E-state index contributed by atoms with van der Waals surface area (Å²) in [4.78, 5) is 20.5. The van der Waals surface area contributed by atoms with Crippen molar-refractivity contribution in [2.24, 2.45) is 0 Å². The fourth-order valence-corrected chi connectivity index (χ4v) is 4.90. The Kier molecular flexibility index (Phi) is 7.15. The summed E-state index contributed by atoms with van der Waals surface area (Å²) in [6.45, 7) is 5.99. The van der Waals surface area contributed by atoms with Crippen LogP contribution >= 0.6 is 11.6 Å². The molecular weight excluding hydrogens is 436 g/mol. The lowest BCUT2D eigenvalue weighted by Crippen LogP contribution is -2.31. The normalized spacial score (nSPS) is 12.7. The summed E-state index contributed by atoms with van der Waals surface area (Å²) < 4.78 is 26.9. The Morgan fingerprint density at radius 3 is 2.48 bits per heavy atom. The number of benzene rings is 2. The highest BCUT2D eigenvalue weighted by atomic mass is 35.5. The van der Waals surface area contributed by atoms with Gasteiger partial charge in [-0.25, -0.2) is 13.4 Å². The van der Waals surface area contributed by atoms with E-state index in [0.29, 0.717) is 18.9 Å². The van der Waals surface area contributed by atoms with Crippen LogP contribution in [0.5, 0.6) is 0 Å². The van der Waals surface area contributed by atoms with E-state index in [4.69, 9.17) is 11.6 Å². The minimum Gasteiger partial charge on any atom is -0.342 e. The van der Waals surface area contributed by atoms with Crippen molar-refractivity contribution in [1.29, 1.82) is 0 Å². The van der Waals surface area contributed by atoms with Crippen molar-refractivity contribution < 1.29 is 13.2 Å². The van der Waals surface area contributed by atoms with Crippen LogP contribution in [0.15, 0.2) is 59.6 Å². The average Bonchev–Trinajstić information content (AvgIpc) is 3.25. The van der Waals surface area contributed by atoms with Crippen molar-refractivity contribution >= 4 is 27.5 Å². The van der Waals surface area contributed by atoms with Crippen molar-refractivity contribution in [2.75, 3.05) is 13.1 Å². The molecular formula is C22H25ClN4O3S. The molecule has 0 fully saturated rings. The Hall–Kier alpha value is -2.68. The molecule has 2 aromatic carbocycles. The van der Waals surface area contributed by atoms with Crippen LogP contribution in [-0.2, 0) is 10.0 Å². The van der Waals surface area contributed by atoms with Crippen LogP contribution in [0.2, 0.25) is 5.02 Å². The second kappa shape index (κ2) is 9.64. The average molecular weight is 461 g/mol. The number of aromatic nitrogens is 2. The predicted molar refractivity (Wildman–Crippen MR) is 121 cm³/mol. The summed E-state index contributed by atoms with van der Waals surface area (Å²) in [6, 6.07) is 13.4. The van der Waals surface area contributed by atoms with Gasteiger partial charge in [0.15, 0.2) is 0 Å². The van der Waals surface area contributed by atoms with Gasteiger partial charge in [-0.2, -0.15) is 4.31 Å². The molecule has 0 radical (unpaired) electrons. The Morgan fingerprint density at radius 2 is 1.84 bits per heavy atom. The van der Waals surface area contributed by atoms with Crippen LogP contribution < -0.4 is 5.32 Å². The summed E-state index contributed by atoms with van der Waals surface area (Å²) in [5.41, 5.74) is 1.91. The predicted octanol–water partition coefficient (Wildman–Crippen LogP) is 4.25. The maximum atomic E-state index is 12.9. The minimum absolute atomic E-state index is 0.0303. The number of halogens is 1. The quantitative estimate of drug-likeness (QED) is 0.525. The molecule has 9 heteroatoms. The molecule has 31 heavy (non-hydrogen) atoms. The maximum absolute atomic E-state index is 12.9. The van der Waals surface area contributed by atoms with Crippen molar-refractivity contribution in [3.05, 3.63) is 71.1 Å². The van der Waals surface area contributed by atoms with E-state index in [9.17, 15) is 13.2 Å². The Bertz CT molecular complexity index is 1160. The molecule has 0 bridgehead atoms. The first-order valence-electron chi connectivity index (χ1n) is 9.98. The van der Waals surface area contributed by atoms with Crippen molar-refractivity contribution in [3.8, 4) is 11.3 Å². The molecule has 0 spiro atoms. The lowest BCUT2D eigenvalue weighted by Gasteiger charge is -2.19. The molecule has 1 amide bonds. The molecule has 164 valence electrons. The van der Waals surface area contributed by atoms with Gasteiger partial charge < -0.3 is 10.3 Å². The van der Waals surface area contributed by atoms with Gasteiger partial charge >= 0.3 is 0 Å². The number of hydrogen-bond donors (Lipinski definition) is 2. The van der Waals surface area contributed by atoms with Gasteiger partial charge in [-0.15, -0.1) is 0 Å². The molecule has 0 aliphatic heterocycles. The van der Waals surface area contributed by atoms with Crippen molar-refractivity contribution in [1.82, 2.24) is 19.6 Å². The number of nitrogens with zero attached hydrogens (tertiary/aromatic N) is 2. The van der Waals surface area contributed by atoms with Gasteiger partial charge in [0.1, 0.15) is 5.82 Å². The number of hydrogen-bond acceptors (Lipinski definition) is 4. The van der Waals surface area contributed by atoms with Gasteiger partial charge in [-0.3, -0.25) is 4.79 Å². The zero-order valence-electron chi connectivity index (χ0n) is 17.6. The van der Waals surface area contributed by atoms with Crippen molar-refractivity contribution in [3.63, 3.8) is 0 Å². The fourth-order valence-electron chi connectivity index (χ4n) is 3.22. The van der Waals surface area contributed by atoms with Crippen LogP contribution in [0.1, 0.15) is 43.0 Å². The van der Waals surface area contributed by atoms with Crippen LogP contribution in [0.3, 0.4) is 0 Å². The molecule has 0 aliphatic carbocycles. The van der Waals surface area contributed by atoms with E-state index in [1.165, 1.54) is 22.5 Å². The van der Waals surface area contributed by atoms with Gasteiger partial charge in [-0.1, -0.05) is 55.8 Å². The number of amides is 1. The molecule has 1 heterocycles. The van der Waals surface area contributed by atoms with E-state index in [2.05, 4.69) is 15.3 Å². The lowest BCUT2D eigenvalue weighted by molar-refractivity contribution is 0.0938. The molecule has 1 atom stereocenters. The van der Waals surface area contributed by atoms with E-state index in [1.54, 1.807) is 27.0 Å². The Morgan fingerprint density at radius 1 is 1.16 bits per heavy atom. The second-order valence-corrected chi connectivity index (χ2v) is 9.32. The number of imidazole rings is 1. The number of sulfonamides is 1. The zero-order valence-corrected chi connectivity index (χ0v) is 19.2. The van der Waals surface area contributed by atoms with E-state index < -0.39 is 22.0 Å². The third-order valence-corrected chi connectivity index (χ3v) is 7.34. The summed E-state index contributed by atoms with van der Waals surface area (Å²) in [7, 11) is -3.71. The molecule has 2 N–H and O–H groups in total. The largest absolute Gasteiger partial charge is 0.342 e. The summed E-state index contributed by atoms with van der Waals surface area (Å²) in [5.74, 6) is 0.0991. The molecule has 0 saturated heterocycles. The SMILES string of the molecule is CCN(CC)S(=O)(=O)c1ccc(Cl)c(C(=O)NC(C)c2ncc(-c3ccccc3)[nH]2)c1. The van der Waals surface area contributed by atoms with Gasteiger partial charge in [0.25, 0.3) is 5.91 Å². The van der Waals surface area contributed by atoms with Crippen LogP contribution in [0, 0.1) is 0 Å². The van der Waals surface area contributed by atoms with Crippen LogP contribution in [0.25, 0.3) is 11.3 Å². The monoisotopic (exact) mass is 460 g/mol. The number of carbonyl (C=O) groups excluding carboxylic acids is 1. The Labute approximate surface area is 187 Å². The van der Waals surface area contributed by atoms with Gasteiger partial charge in [0.05, 0.1) is 33.4 Å². The first-order chi connectivity index (χ1) is 14.8. The first-order valence-corrected chi connectivity index (χ1v) is 11.8. The third-order valence-electron chi connectivity index (χ3n) is 4.96.